The largest absolute Gasteiger partial charge is 0.467 e. The van der Waals surface area contributed by atoms with Crippen LogP contribution in [-0.2, 0) is 12.7 Å². The van der Waals surface area contributed by atoms with E-state index in [1.54, 1.807) is 34.9 Å². The summed E-state index contributed by atoms with van der Waals surface area (Å²) >= 11 is 0. The summed E-state index contributed by atoms with van der Waals surface area (Å²) in [5.74, 6) is 0.0242. The predicted octanol–water partition coefficient (Wildman–Crippen LogP) is 4.89. The molecule has 0 spiro atoms. The van der Waals surface area contributed by atoms with Crippen molar-refractivity contribution in [3.05, 3.63) is 84.1 Å². The number of nitrogens with one attached hydrogen (secondary N) is 1. The van der Waals surface area contributed by atoms with E-state index in [0.29, 0.717) is 22.3 Å². The summed E-state index contributed by atoms with van der Waals surface area (Å²) in [6, 6.07) is 13.7. The van der Waals surface area contributed by atoms with Crippen LogP contribution in [0, 0.1) is 0 Å². The van der Waals surface area contributed by atoms with Gasteiger partial charge in [0.15, 0.2) is 0 Å². The van der Waals surface area contributed by atoms with Crippen LogP contribution in [0.1, 0.15) is 21.8 Å². The second-order valence-corrected chi connectivity index (χ2v) is 7.00. The first-order valence-electron chi connectivity index (χ1n) is 9.51. The number of benzene rings is 2. The molecule has 160 valence electrons. The van der Waals surface area contributed by atoms with Gasteiger partial charge in [0.2, 0.25) is 5.95 Å². The number of halogens is 3. The van der Waals surface area contributed by atoms with E-state index in [-0.39, 0.29) is 23.7 Å². The number of aromatic nitrogens is 4. The molecule has 5 aromatic rings. The van der Waals surface area contributed by atoms with Crippen LogP contribution in [0.4, 0.5) is 19.1 Å². The summed E-state index contributed by atoms with van der Waals surface area (Å²) in [4.78, 5) is 25.6. The van der Waals surface area contributed by atoms with Crippen molar-refractivity contribution in [1.82, 2.24) is 19.5 Å². The van der Waals surface area contributed by atoms with Gasteiger partial charge in [-0.2, -0.15) is 13.2 Å². The molecule has 3 heterocycles. The van der Waals surface area contributed by atoms with Gasteiger partial charge in [-0.05, 0) is 42.5 Å². The lowest BCUT2D eigenvalue weighted by Crippen LogP contribution is -2.18. The Morgan fingerprint density at radius 2 is 1.81 bits per heavy atom. The standard InChI is InChI=1S/C22H14F3N5O2/c23-22(24,25)13-7-8-19-17(10-13)28-21(30(19)12-14-4-3-9-32-14)29-20(31)18-11-26-15-5-1-2-6-16(15)27-18/h1-11H,12H2,(H,28,29,31). The van der Waals surface area contributed by atoms with Gasteiger partial charge < -0.3 is 8.98 Å². The fraction of sp³-hybridized carbons (Fsp3) is 0.0909. The van der Waals surface area contributed by atoms with E-state index in [0.717, 1.165) is 12.1 Å². The van der Waals surface area contributed by atoms with Crippen molar-refractivity contribution in [2.24, 2.45) is 0 Å². The average Bonchev–Trinajstić information content (AvgIpc) is 3.41. The molecule has 2 aromatic carbocycles. The van der Waals surface area contributed by atoms with Crippen molar-refractivity contribution in [3.8, 4) is 0 Å². The summed E-state index contributed by atoms with van der Waals surface area (Å²) < 4.78 is 46.4. The third kappa shape index (κ3) is 3.66. The Balaban J connectivity index is 1.55. The van der Waals surface area contributed by atoms with Crippen molar-refractivity contribution in [1.29, 1.82) is 0 Å². The van der Waals surface area contributed by atoms with Crippen molar-refractivity contribution in [3.63, 3.8) is 0 Å². The third-order valence-electron chi connectivity index (χ3n) is 4.88. The van der Waals surface area contributed by atoms with Crippen molar-refractivity contribution in [2.75, 3.05) is 5.32 Å². The molecule has 3 aromatic heterocycles. The summed E-state index contributed by atoms with van der Waals surface area (Å²) in [6.07, 6.45) is -1.69. The zero-order valence-corrected chi connectivity index (χ0v) is 16.3. The molecule has 1 N–H and O–H groups in total. The maximum atomic E-state index is 13.2. The number of amides is 1. The molecule has 1 amide bonds. The normalized spacial score (nSPS) is 11.8. The lowest BCUT2D eigenvalue weighted by molar-refractivity contribution is -0.137. The molecule has 0 aliphatic rings. The SMILES string of the molecule is O=C(Nc1nc2cc(C(F)(F)F)ccc2n1Cc1ccco1)c1cnc2ccccc2n1. The molecule has 10 heteroatoms. The first kappa shape index (κ1) is 19.7. The van der Waals surface area contributed by atoms with Crippen LogP contribution in [0.2, 0.25) is 0 Å². The highest BCUT2D eigenvalue weighted by Gasteiger charge is 2.31. The molecule has 0 bridgehead atoms. The maximum Gasteiger partial charge on any atom is 0.416 e. The van der Waals surface area contributed by atoms with Crippen molar-refractivity contribution < 1.29 is 22.4 Å². The third-order valence-corrected chi connectivity index (χ3v) is 4.88. The summed E-state index contributed by atoms with van der Waals surface area (Å²) in [5.41, 5.74) is 0.899. The number of carbonyl (C=O) groups excluding carboxylic acids is 1. The molecule has 0 aliphatic heterocycles. The number of rotatable bonds is 4. The van der Waals surface area contributed by atoms with E-state index in [2.05, 4.69) is 20.3 Å². The topological polar surface area (TPSA) is 85.8 Å². The minimum atomic E-state index is -4.51. The van der Waals surface area contributed by atoms with Crippen LogP contribution >= 0.6 is 0 Å². The molecule has 0 unspecified atom stereocenters. The van der Waals surface area contributed by atoms with Gasteiger partial charge in [-0.1, -0.05) is 12.1 Å². The molecule has 0 saturated heterocycles. The number of alkyl halides is 3. The van der Waals surface area contributed by atoms with E-state index in [4.69, 9.17) is 4.42 Å². The van der Waals surface area contributed by atoms with Gasteiger partial charge in [0, 0.05) is 0 Å². The van der Waals surface area contributed by atoms with Gasteiger partial charge in [-0.3, -0.25) is 15.1 Å². The Hall–Kier alpha value is -4.21. The second kappa shape index (κ2) is 7.49. The average molecular weight is 437 g/mol. The number of furan rings is 1. The molecule has 0 aliphatic carbocycles. The Morgan fingerprint density at radius 3 is 2.56 bits per heavy atom. The minimum Gasteiger partial charge on any atom is -0.467 e. The second-order valence-electron chi connectivity index (χ2n) is 7.00. The van der Waals surface area contributed by atoms with Gasteiger partial charge >= 0.3 is 6.18 Å². The Morgan fingerprint density at radius 1 is 1.00 bits per heavy atom. The first-order valence-corrected chi connectivity index (χ1v) is 9.51. The molecule has 5 rings (SSSR count). The van der Waals surface area contributed by atoms with Crippen LogP contribution < -0.4 is 5.32 Å². The summed E-state index contributed by atoms with van der Waals surface area (Å²) in [5, 5.41) is 2.64. The number of fused-ring (bicyclic) bond motifs is 2. The Bertz CT molecular complexity index is 1440. The zero-order valence-electron chi connectivity index (χ0n) is 16.3. The molecule has 7 nitrogen and oxygen atoms in total. The van der Waals surface area contributed by atoms with Crippen LogP contribution in [0.3, 0.4) is 0 Å². The number of nitrogens with zero attached hydrogens (tertiary/aromatic N) is 4. The number of imidazole rings is 1. The highest BCUT2D eigenvalue weighted by atomic mass is 19.4. The highest BCUT2D eigenvalue weighted by Crippen LogP contribution is 2.32. The number of hydrogen-bond donors (Lipinski definition) is 1. The van der Waals surface area contributed by atoms with E-state index in [1.165, 1.54) is 18.5 Å². The van der Waals surface area contributed by atoms with E-state index in [9.17, 15) is 18.0 Å². The Labute approximate surface area is 178 Å². The summed E-state index contributed by atoms with van der Waals surface area (Å²) in [7, 11) is 0. The van der Waals surface area contributed by atoms with Gasteiger partial charge in [0.05, 0.1) is 46.6 Å². The van der Waals surface area contributed by atoms with Gasteiger partial charge in [-0.15, -0.1) is 0 Å². The summed E-state index contributed by atoms with van der Waals surface area (Å²) in [6.45, 7) is 0.161. The molecule has 0 atom stereocenters. The molecule has 0 saturated carbocycles. The van der Waals surface area contributed by atoms with E-state index in [1.807, 2.05) is 6.07 Å². The Kier molecular flexibility index (Phi) is 4.62. The molecule has 0 fully saturated rings. The highest BCUT2D eigenvalue weighted by molar-refractivity contribution is 6.03. The number of anilines is 1. The quantitative estimate of drug-likeness (QED) is 0.433. The lowest BCUT2D eigenvalue weighted by atomic mass is 10.2. The van der Waals surface area contributed by atoms with Crippen LogP contribution in [0.5, 0.6) is 0 Å². The molecule has 0 radical (unpaired) electrons. The zero-order chi connectivity index (χ0) is 22.3. The first-order chi connectivity index (χ1) is 15.4. The maximum absolute atomic E-state index is 13.2. The fourth-order valence-electron chi connectivity index (χ4n) is 3.35. The van der Waals surface area contributed by atoms with Crippen molar-refractivity contribution in [2.45, 2.75) is 12.7 Å². The molecular weight excluding hydrogens is 423 g/mol. The van der Waals surface area contributed by atoms with Crippen LogP contribution in [0.25, 0.3) is 22.1 Å². The van der Waals surface area contributed by atoms with E-state index >= 15 is 0 Å². The van der Waals surface area contributed by atoms with Gasteiger partial charge in [0.25, 0.3) is 5.91 Å². The molecule has 32 heavy (non-hydrogen) atoms. The number of carbonyl (C=O) groups is 1. The fourth-order valence-corrected chi connectivity index (χ4v) is 3.35. The predicted molar refractivity (Wildman–Crippen MR) is 110 cm³/mol. The minimum absolute atomic E-state index is 0.0521. The molecular formula is C22H14F3N5O2. The van der Waals surface area contributed by atoms with E-state index < -0.39 is 17.6 Å². The van der Waals surface area contributed by atoms with Gasteiger partial charge in [-0.25, -0.2) is 9.97 Å². The lowest BCUT2D eigenvalue weighted by Gasteiger charge is -2.09. The number of para-hydroxylation sites is 2. The monoisotopic (exact) mass is 437 g/mol. The number of hydrogen-bond acceptors (Lipinski definition) is 5. The van der Waals surface area contributed by atoms with Crippen molar-refractivity contribution >= 4 is 33.9 Å². The van der Waals surface area contributed by atoms with Gasteiger partial charge in [0.1, 0.15) is 11.5 Å². The van der Waals surface area contributed by atoms with Crippen LogP contribution in [-0.4, -0.2) is 25.4 Å². The smallest absolute Gasteiger partial charge is 0.416 e. The van der Waals surface area contributed by atoms with Crippen LogP contribution in [0.15, 0.2) is 71.5 Å².